The Balaban J connectivity index is -0.00000000667. The summed E-state index contributed by atoms with van der Waals surface area (Å²) < 4.78 is 0. The Hall–Kier alpha value is 1.86. The van der Waals surface area contributed by atoms with Gasteiger partial charge in [-0.15, -0.1) is 12.4 Å². The van der Waals surface area contributed by atoms with Crippen molar-refractivity contribution in [1.82, 2.24) is 0 Å². The average Bonchev–Trinajstić information content (AvgIpc) is 0.918. The molecule has 0 atom stereocenters. The van der Waals surface area contributed by atoms with E-state index in [0.29, 0.717) is 0 Å². The van der Waals surface area contributed by atoms with Gasteiger partial charge < -0.3 is 0 Å². The quantitative estimate of drug-likeness (QED) is 0.278. The molecule has 0 unspecified atom stereocenters. The summed E-state index contributed by atoms with van der Waals surface area (Å²) in [5, 5.41) is 7.36. The van der Waals surface area contributed by atoms with Crippen LogP contribution in [0.4, 0.5) is 0 Å². The van der Waals surface area contributed by atoms with Gasteiger partial charge >= 0.3 is 52.6 Å². The Morgan fingerprint density at radius 2 is 1.50 bits per heavy atom. The number of thiocarbonyl (C=S) groups is 1. The summed E-state index contributed by atoms with van der Waals surface area (Å²) in [7, 11) is 0. The second-order valence-corrected chi connectivity index (χ2v) is 0.306. The van der Waals surface area contributed by atoms with E-state index in [-0.39, 0.29) is 65.0 Å². The van der Waals surface area contributed by atoms with Crippen molar-refractivity contribution in [3.63, 3.8) is 0 Å². The SMILES string of the molecule is Cl.N=C=S.[MgH2].[NaH]. The van der Waals surface area contributed by atoms with Crippen molar-refractivity contribution in [1.29, 1.82) is 5.41 Å². The predicted octanol–water partition coefficient (Wildman–Crippen LogP) is -0.475. The molecule has 0 aliphatic rings. The van der Waals surface area contributed by atoms with Crippen LogP contribution in [0.1, 0.15) is 0 Å². The first-order valence-electron chi connectivity index (χ1n) is 0.454. The van der Waals surface area contributed by atoms with Crippen molar-refractivity contribution in [2.45, 2.75) is 0 Å². The standard InChI is InChI=1S/CHNS.ClH.Mg.Na.3H/c2-1-3;;;;;;/h2H;1H;;;;;. The van der Waals surface area contributed by atoms with E-state index in [1.165, 1.54) is 0 Å². The van der Waals surface area contributed by atoms with Gasteiger partial charge in [0.1, 0.15) is 0 Å². The maximum atomic E-state index is 5.77. The first-order valence-corrected chi connectivity index (χ1v) is 0.862. The summed E-state index contributed by atoms with van der Waals surface area (Å²) >= 11 is 3.81. The summed E-state index contributed by atoms with van der Waals surface area (Å²) in [6.07, 6.45) is 0. The van der Waals surface area contributed by atoms with E-state index in [4.69, 9.17) is 5.41 Å². The molecule has 0 rings (SSSR count). The molecular formula is CH5ClMgNNaS. The van der Waals surface area contributed by atoms with Gasteiger partial charge in [-0.1, -0.05) is 0 Å². The molecule has 0 aliphatic heterocycles. The normalized spacial score (nSPS) is 1.33. The zero-order valence-electron chi connectivity index (χ0n) is 1.82. The van der Waals surface area contributed by atoms with E-state index in [1.807, 2.05) is 0 Å². The molecule has 5 heteroatoms. The molecule has 6 heavy (non-hydrogen) atoms. The van der Waals surface area contributed by atoms with Gasteiger partial charge in [0.05, 0.1) is 5.16 Å². The molecule has 0 aromatic rings. The maximum absolute atomic E-state index is 5.77. The number of hydrogen-bond donors (Lipinski definition) is 1. The second-order valence-electron chi connectivity index (χ2n) is 0.102. The molecule has 0 spiro atoms. The fraction of sp³-hybridized carbons (Fsp3) is 0. The first kappa shape index (κ1) is 24.8. The van der Waals surface area contributed by atoms with Crippen molar-refractivity contribution >= 4 is 82.4 Å². The monoisotopic (exact) mass is 145 g/mol. The van der Waals surface area contributed by atoms with Crippen molar-refractivity contribution in [3.05, 3.63) is 0 Å². The summed E-state index contributed by atoms with van der Waals surface area (Å²) in [5.74, 6) is 0. The molecule has 0 fully saturated rings. The topological polar surface area (TPSA) is 23.9 Å². The van der Waals surface area contributed by atoms with Crippen LogP contribution in [-0.2, 0) is 0 Å². The molecule has 0 heterocycles. The third-order valence-electron chi connectivity index (χ3n) is 0. The number of rotatable bonds is 0. The van der Waals surface area contributed by atoms with Crippen molar-refractivity contribution < 1.29 is 0 Å². The predicted molar refractivity (Wildman–Crippen MR) is 38.3 cm³/mol. The van der Waals surface area contributed by atoms with Crippen molar-refractivity contribution in [3.8, 4) is 0 Å². The molecule has 1 N–H and O–H groups in total. The van der Waals surface area contributed by atoms with Crippen LogP contribution in [0.3, 0.4) is 0 Å². The average molecular weight is 146 g/mol. The van der Waals surface area contributed by atoms with Crippen molar-refractivity contribution in [2.75, 3.05) is 0 Å². The van der Waals surface area contributed by atoms with Gasteiger partial charge in [-0.2, -0.15) is 0 Å². The Labute approximate surface area is 86.6 Å². The Bertz CT molecular complexity index is 36.5. The third kappa shape index (κ3) is 40.1. The van der Waals surface area contributed by atoms with E-state index in [0.717, 1.165) is 0 Å². The zero-order valence-corrected chi connectivity index (χ0v) is 3.45. The first-order chi connectivity index (χ1) is 1.41. The Kier molecular flexibility index (Phi) is 119. The van der Waals surface area contributed by atoms with Crippen LogP contribution in [0.5, 0.6) is 0 Å². The minimum atomic E-state index is 0. The number of hydrogen-bond acceptors (Lipinski definition) is 2. The van der Waals surface area contributed by atoms with Gasteiger partial charge in [0.25, 0.3) is 0 Å². The van der Waals surface area contributed by atoms with Crippen LogP contribution in [0.2, 0.25) is 0 Å². The van der Waals surface area contributed by atoms with E-state index < -0.39 is 0 Å². The summed E-state index contributed by atoms with van der Waals surface area (Å²) in [4.78, 5) is 0. The zero-order chi connectivity index (χ0) is 2.71. The fourth-order valence-electron chi connectivity index (χ4n) is 0. The molecule has 0 amide bonds. The van der Waals surface area contributed by atoms with Gasteiger partial charge in [-0.3, -0.25) is 0 Å². The minimum absolute atomic E-state index is 0. The number of nitrogens with one attached hydrogen (secondary N) is 1. The van der Waals surface area contributed by atoms with Crippen LogP contribution < -0.4 is 0 Å². The molecular weight excluding hydrogens is 141 g/mol. The summed E-state index contributed by atoms with van der Waals surface area (Å²) in [6.45, 7) is 0. The van der Waals surface area contributed by atoms with Gasteiger partial charge in [0.2, 0.25) is 0 Å². The van der Waals surface area contributed by atoms with E-state index in [1.54, 1.807) is 5.16 Å². The van der Waals surface area contributed by atoms with E-state index >= 15 is 0 Å². The van der Waals surface area contributed by atoms with Gasteiger partial charge in [0, 0.05) is 0 Å². The second kappa shape index (κ2) is 28.8. The molecule has 0 bridgehead atoms. The molecule has 1 nitrogen and oxygen atoms in total. The van der Waals surface area contributed by atoms with E-state index in [9.17, 15) is 0 Å². The molecule has 0 aromatic heterocycles. The molecule has 0 radical (unpaired) electrons. The van der Waals surface area contributed by atoms with Crippen LogP contribution in [-0.4, -0.2) is 57.8 Å². The van der Waals surface area contributed by atoms with Crippen LogP contribution in [0, 0.1) is 5.41 Å². The molecule has 0 saturated carbocycles. The number of isothiocyanates is 1. The van der Waals surface area contributed by atoms with E-state index in [2.05, 4.69) is 12.2 Å². The molecule has 30 valence electrons. The number of halogens is 1. The third-order valence-corrected chi connectivity index (χ3v) is 0. The Morgan fingerprint density at radius 1 is 1.50 bits per heavy atom. The van der Waals surface area contributed by atoms with Gasteiger partial charge in [-0.05, 0) is 12.2 Å². The molecule has 0 saturated heterocycles. The van der Waals surface area contributed by atoms with Crippen molar-refractivity contribution in [2.24, 2.45) is 0 Å². The summed E-state index contributed by atoms with van der Waals surface area (Å²) in [6, 6.07) is 0. The van der Waals surface area contributed by atoms with Crippen LogP contribution >= 0.6 is 24.6 Å². The van der Waals surface area contributed by atoms with Crippen LogP contribution in [0.25, 0.3) is 0 Å². The fourth-order valence-corrected chi connectivity index (χ4v) is 0. The summed E-state index contributed by atoms with van der Waals surface area (Å²) in [5.41, 5.74) is 0. The van der Waals surface area contributed by atoms with Gasteiger partial charge in [0.15, 0.2) is 0 Å². The van der Waals surface area contributed by atoms with Gasteiger partial charge in [-0.25, -0.2) is 5.41 Å². The Morgan fingerprint density at radius 3 is 1.50 bits per heavy atom. The van der Waals surface area contributed by atoms with Crippen LogP contribution in [0.15, 0.2) is 0 Å². The molecule has 0 aromatic carbocycles. The molecule has 0 aliphatic carbocycles.